The molecule has 4 nitrogen and oxygen atoms in total. The Bertz CT molecular complexity index is 858. The number of carbonyl (C=O) groups is 1. The lowest BCUT2D eigenvalue weighted by Gasteiger charge is -2.19. The third kappa shape index (κ3) is 3.94. The summed E-state index contributed by atoms with van der Waals surface area (Å²) >= 11 is 3.46. The van der Waals surface area contributed by atoms with Crippen molar-refractivity contribution < 1.29 is 9.53 Å². The van der Waals surface area contributed by atoms with Crippen LogP contribution in [0.5, 0.6) is 5.75 Å². The van der Waals surface area contributed by atoms with E-state index in [2.05, 4.69) is 15.9 Å². The van der Waals surface area contributed by atoms with Gasteiger partial charge >= 0.3 is 0 Å². The van der Waals surface area contributed by atoms with Crippen molar-refractivity contribution in [3.05, 3.63) is 82.6 Å². The van der Waals surface area contributed by atoms with E-state index in [9.17, 15) is 4.79 Å². The zero-order valence-corrected chi connectivity index (χ0v) is 15.7. The highest BCUT2D eigenvalue weighted by Gasteiger charge is 2.14. The molecule has 1 aromatic heterocycles. The Morgan fingerprint density at radius 3 is 2.44 bits per heavy atom. The molecule has 0 aliphatic heterocycles. The topological polar surface area (TPSA) is 34.5 Å². The molecule has 25 heavy (non-hydrogen) atoms. The van der Waals surface area contributed by atoms with Gasteiger partial charge in [-0.2, -0.15) is 0 Å². The molecule has 3 aromatic rings. The summed E-state index contributed by atoms with van der Waals surface area (Å²) < 4.78 is 8.35. The molecule has 0 atom stereocenters. The molecule has 3 rings (SSSR count). The molecule has 1 amide bonds. The second-order valence-corrected chi connectivity index (χ2v) is 6.67. The van der Waals surface area contributed by atoms with E-state index in [1.54, 1.807) is 19.1 Å². The van der Waals surface area contributed by atoms with Crippen molar-refractivity contribution in [2.45, 2.75) is 6.54 Å². The molecule has 0 N–H and O–H groups in total. The third-order valence-electron chi connectivity index (χ3n) is 4.01. The van der Waals surface area contributed by atoms with E-state index in [0.29, 0.717) is 12.1 Å². The van der Waals surface area contributed by atoms with E-state index in [0.717, 1.165) is 21.5 Å². The zero-order chi connectivity index (χ0) is 17.8. The van der Waals surface area contributed by atoms with Crippen molar-refractivity contribution in [1.29, 1.82) is 0 Å². The van der Waals surface area contributed by atoms with Gasteiger partial charge in [-0.3, -0.25) is 4.79 Å². The maximum absolute atomic E-state index is 12.7. The fraction of sp³-hybridized carbons (Fsp3) is 0.150. The summed E-state index contributed by atoms with van der Waals surface area (Å²) in [5.41, 5.74) is 2.64. The predicted molar refractivity (Wildman–Crippen MR) is 102 cm³/mol. The fourth-order valence-electron chi connectivity index (χ4n) is 2.70. The summed E-state index contributed by atoms with van der Waals surface area (Å²) in [5, 5.41) is 0. The molecule has 0 bridgehead atoms. The van der Waals surface area contributed by atoms with Gasteiger partial charge in [0.05, 0.1) is 7.11 Å². The number of rotatable bonds is 5. The fourth-order valence-corrected chi connectivity index (χ4v) is 3.11. The summed E-state index contributed by atoms with van der Waals surface area (Å²) in [6.07, 6.45) is 3.95. The van der Waals surface area contributed by atoms with Gasteiger partial charge in [0.25, 0.3) is 5.91 Å². The molecular formula is C20H19BrN2O2. The minimum Gasteiger partial charge on any atom is -0.496 e. The monoisotopic (exact) mass is 398 g/mol. The largest absolute Gasteiger partial charge is 0.496 e. The second-order valence-electron chi connectivity index (χ2n) is 5.75. The smallest absolute Gasteiger partial charge is 0.253 e. The summed E-state index contributed by atoms with van der Waals surface area (Å²) in [5.74, 6) is 0.742. The molecule has 0 radical (unpaired) electrons. The molecule has 5 heteroatoms. The first-order valence-corrected chi connectivity index (χ1v) is 8.69. The van der Waals surface area contributed by atoms with E-state index in [4.69, 9.17) is 4.74 Å². The average Bonchev–Trinajstić information content (AvgIpc) is 3.16. The van der Waals surface area contributed by atoms with Crippen LogP contribution in [0.4, 0.5) is 0 Å². The van der Waals surface area contributed by atoms with Crippen LogP contribution in [-0.2, 0) is 6.54 Å². The van der Waals surface area contributed by atoms with Crippen LogP contribution in [0.2, 0.25) is 0 Å². The third-order valence-corrected chi connectivity index (χ3v) is 4.51. The van der Waals surface area contributed by atoms with Crippen LogP contribution in [0.1, 0.15) is 15.9 Å². The van der Waals surface area contributed by atoms with Gasteiger partial charge in [-0.15, -0.1) is 0 Å². The van der Waals surface area contributed by atoms with Gasteiger partial charge in [-0.1, -0.05) is 15.9 Å². The van der Waals surface area contributed by atoms with Crippen molar-refractivity contribution in [2.75, 3.05) is 14.2 Å². The van der Waals surface area contributed by atoms with Crippen molar-refractivity contribution >= 4 is 21.8 Å². The lowest BCUT2D eigenvalue weighted by atomic mass is 10.1. The van der Waals surface area contributed by atoms with E-state index in [1.807, 2.05) is 71.6 Å². The van der Waals surface area contributed by atoms with Crippen LogP contribution >= 0.6 is 15.9 Å². The van der Waals surface area contributed by atoms with Gasteiger partial charge in [-0.05, 0) is 54.6 Å². The van der Waals surface area contributed by atoms with Gasteiger partial charge in [0.2, 0.25) is 0 Å². The standard InChI is InChI=1S/C20H19BrN2O2/c1-22(14-16-13-17(21)7-10-19(16)25-2)20(24)15-5-8-18(9-6-15)23-11-3-4-12-23/h3-13H,14H2,1-2H3. The normalized spacial score (nSPS) is 10.5. The average molecular weight is 399 g/mol. The number of amides is 1. The van der Waals surface area contributed by atoms with Crippen LogP contribution < -0.4 is 4.74 Å². The molecule has 128 valence electrons. The van der Waals surface area contributed by atoms with Crippen molar-refractivity contribution in [3.8, 4) is 11.4 Å². The minimum absolute atomic E-state index is 0.0268. The molecule has 0 saturated carbocycles. The molecule has 0 unspecified atom stereocenters. The molecule has 0 aliphatic rings. The molecule has 0 aliphatic carbocycles. The van der Waals surface area contributed by atoms with Gasteiger partial charge in [-0.25, -0.2) is 0 Å². The van der Waals surface area contributed by atoms with Crippen LogP contribution in [0.25, 0.3) is 5.69 Å². The highest BCUT2D eigenvalue weighted by molar-refractivity contribution is 9.10. The number of ether oxygens (including phenoxy) is 1. The van der Waals surface area contributed by atoms with Crippen LogP contribution in [0.15, 0.2) is 71.5 Å². The predicted octanol–water partition coefficient (Wildman–Crippen LogP) is 4.52. The summed E-state index contributed by atoms with van der Waals surface area (Å²) in [6, 6.07) is 17.3. The highest BCUT2D eigenvalue weighted by Crippen LogP contribution is 2.24. The van der Waals surface area contributed by atoms with Crippen molar-refractivity contribution in [1.82, 2.24) is 9.47 Å². The Morgan fingerprint density at radius 1 is 1.12 bits per heavy atom. The Hall–Kier alpha value is -2.53. The van der Waals surface area contributed by atoms with E-state index in [1.165, 1.54) is 0 Å². The molecule has 2 aromatic carbocycles. The summed E-state index contributed by atoms with van der Waals surface area (Å²) in [7, 11) is 3.43. The zero-order valence-electron chi connectivity index (χ0n) is 14.1. The minimum atomic E-state index is -0.0268. The summed E-state index contributed by atoms with van der Waals surface area (Å²) in [6.45, 7) is 0.473. The van der Waals surface area contributed by atoms with Crippen LogP contribution in [0.3, 0.4) is 0 Å². The Labute approximate surface area is 155 Å². The SMILES string of the molecule is COc1ccc(Br)cc1CN(C)C(=O)c1ccc(-n2cccc2)cc1. The number of methoxy groups -OCH3 is 1. The number of aromatic nitrogens is 1. The highest BCUT2D eigenvalue weighted by atomic mass is 79.9. The molecule has 0 saturated heterocycles. The lowest BCUT2D eigenvalue weighted by Crippen LogP contribution is -2.26. The van der Waals surface area contributed by atoms with E-state index < -0.39 is 0 Å². The van der Waals surface area contributed by atoms with Gasteiger partial charge in [0.15, 0.2) is 0 Å². The number of carbonyl (C=O) groups excluding carboxylic acids is 1. The first-order valence-electron chi connectivity index (χ1n) is 7.90. The lowest BCUT2D eigenvalue weighted by molar-refractivity contribution is 0.0784. The van der Waals surface area contributed by atoms with Crippen LogP contribution in [-0.4, -0.2) is 29.5 Å². The Kier molecular flexibility index (Phi) is 5.24. The van der Waals surface area contributed by atoms with Gasteiger partial charge < -0.3 is 14.2 Å². The number of nitrogens with zero attached hydrogens (tertiary/aromatic N) is 2. The molecular weight excluding hydrogens is 380 g/mol. The van der Waals surface area contributed by atoms with Crippen molar-refractivity contribution in [2.24, 2.45) is 0 Å². The number of hydrogen-bond acceptors (Lipinski definition) is 2. The summed E-state index contributed by atoms with van der Waals surface area (Å²) in [4.78, 5) is 14.4. The maximum Gasteiger partial charge on any atom is 0.253 e. The van der Waals surface area contributed by atoms with Crippen molar-refractivity contribution in [3.63, 3.8) is 0 Å². The first-order chi connectivity index (χ1) is 12.1. The van der Waals surface area contributed by atoms with Gasteiger partial charge in [0.1, 0.15) is 5.75 Å². The molecule has 0 spiro atoms. The molecule has 1 heterocycles. The van der Waals surface area contributed by atoms with E-state index >= 15 is 0 Å². The number of benzene rings is 2. The second kappa shape index (κ2) is 7.57. The number of hydrogen-bond donors (Lipinski definition) is 0. The maximum atomic E-state index is 12.7. The first kappa shape index (κ1) is 17.3. The Balaban J connectivity index is 1.75. The molecule has 0 fully saturated rings. The Morgan fingerprint density at radius 2 is 1.80 bits per heavy atom. The van der Waals surface area contributed by atoms with Gasteiger partial charge in [0, 0.05) is 47.3 Å². The van der Waals surface area contributed by atoms with Crippen LogP contribution in [0, 0.1) is 0 Å². The quantitative estimate of drug-likeness (QED) is 0.632. The van der Waals surface area contributed by atoms with E-state index in [-0.39, 0.29) is 5.91 Å². The number of halogens is 1.